The maximum atomic E-state index is 9.79. The van der Waals surface area contributed by atoms with Crippen molar-refractivity contribution in [2.45, 2.75) is 0 Å². The predicted octanol–water partition coefficient (Wildman–Crippen LogP) is 14.4. The molecule has 0 bridgehead atoms. The number of hydrogen-bond acceptors (Lipinski definition) is 3. The molecule has 12 rings (SSSR count). The first-order valence-corrected chi connectivity index (χ1v) is 20.3. The Morgan fingerprint density at radius 2 is 0.758 bits per heavy atom. The van der Waals surface area contributed by atoms with Crippen LogP contribution in [0.5, 0.6) is 0 Å². The molecule has 0 spiro atoms. The molecule has 0 atom stereocenters. The topological polar surface area (TPSA) is 48.5 Å². The Hall–Kier alpha value is -8.41. The number of fused-ring (bicyclic) bond motifs is 7. The smallest absolute Gasteiger partial charge is 0.238 e. The molecule has 0 amide bonds. The number of benzene rings is 9. The van der Waals surface area contributed by atoms with Gasteiger partial charge in [0.15, 0.2) is 11.6 Å². The number of aromatic nitrogens is 5. The SMILES string of the molecule is [2H]c1cc([2H])c2c(c1[2H])c1c([2H])c([2H])c3c4c([2H])c([2H])cc([2H])c4n(-c4nc(-c5ccccc5)nc(-c5ccc(-c6ccccc6)cc5)n4)c3c1n2-c1cccc(-c2cccc(-c3ccccc3)c2)c1. The van der Waals surface area contributed by atoms with E-state index >= 15 is 0 Å². The van der Waals surface area contributed by atoms with Crippen LogP contribution in [0.2, 0.25) is 0 Å². The van der Waals surface area contributed by atoms with E-state index in [9.17, 15) is 8.22 Å². The van der Waals surface area contributed by atoms with Gasteiger partial charge in [-0.3, -0.25) is 4.57 Å². The predicted molar refractivity (Wildman–Crippen MR) is 256 cm³/mol. The average molecular weight is 800 g/mol. The molecule has 0 aliphatic heterocycles. The van der Waals surface area contributed by atoms with Crippen LogP contribution in [0.4, 0.5) is 0 Å². The summed E-state index contributed by atoms with van der Waals surface area (Å²) in [4.78, 5) is 15.3. The fraction of sp³-hybridized carbons (Fsp3) is 0. The van der Waals surface area contributed by atoms with Crippen LogP contribution in [0.15, 0.2) is 224 Å². The van der Waals surface area contributed by atoms with Gasteiger partial charge < -0.3 is 4.57 Å². The highest BCUT2D eigenvalue weighted by Crippen LogP contribution is 2.42. The zero-order valence-electron chi connectivity index (χ0n) is 41.0. The largest absolute Gasteiger partial charge is 0.307 e. The number of rotatable bonds is 7. The molecular weight excluding hydrogens is 755 g/mol. The Balaban J connectivity index is 1.22. The molecule has 5 heteroatoms. The van der Waals surface area contributed by atoms with Gasteiger partial charge in [0.2, 0.25) is 5.95 Å². The first-order valence-electron chi connectivity index (χ1n) is 24.3. The van der Waals surface area contributed by atoms with Gasteiger partial charge >= 0.3 is 0 Å². The summed E-state index contributed by atoms with van der Waals surface area (Å²) in [5, 5.41) is 0.471. The fourth-order valence-corrected chi connectivity index (χ4v) is 8.45. The monoisotopic (exact) mass is 799 g/mol. The molecule has 0 aliphatic carbocycles. The molecule has 62 heavy (non-hydrogen) atoms. The molecule has 0 saturated carbocycles. The van der Waals surface area contributed by atoms with Gasteiger partial charge in [0, 0.05) is 38.4 Å². The molecule has 12 aromatic rings. The van der Waals surface area contributed by atoms with Crippen molar-refractivity contribution in [3.63, 3.8) is 0 Å². The number of hydrogen-bond donors (Lipinski definition) is 0. The van der Waals surface area contributed by atoms with Crippen molar-refractivity contribution in [1.82, 2.24) is 24.1 Å². The zero-order valence-corrected chi connectivity index (χ0v) is 33.0. The van der Waals surface area contributed by atoms with Gasteiger partial charge in [-0.25, -0.2) is 4.98 Å². The van der Waals surface area contributed by atoms with Crippen molar-refractivity contribution < 1.29 is 11.0 Å². The highest BCUT2D eigenvalue weighted by molar-refractivity contribution is 6.23. The Labute approximate surface area is 369 Å². The minimum Gasteiger partial charge on any atom is -0.307 e. The van der Waals surface area contributed by atoms with Crippen molar-refractivity contribution in [3.05, 3.63) is 224 Å². The molecule has 0 aliphatic rings. The molecule has 3 aromatic heterocycles. The Kier molecular flexibility index (Phi) is 6.67. The van der Waals surface area contributed by atoms with Gasteiger partial charge in [0.1, 0.15) is 0 Å². The summed E-state index contributed by atoms with van der Waals surface area (Å²) in [6.07, 6.45) is 0. The zero-order chi connectivity index (χ0) is 47.9. The van der Waals surface area contributed by atoms with E-state index < -0.39 is 0 Å². The quantitative estimate of drug-likeness (QED) is 0.161. The van der Waals surface area contributed by atoms with Crippen LogP contribution in [0.1, 0.15) is 11.0 Å². The van der Waals surface area contributed by atoms with Crippen LogP contribution in [0, 0.1) is 0 Å². The summed E-state index contributed by atoms with van der Waals surface area (Å²) < 4.78 is 78.5. The van der Waals surface area contributed by atoms with Crippen molar-refractivity contribution in [3.8, 4) is 67.8 Å². The maximum Gasteiger partial charge on any atom is 0.238 e. The molecule has 0 saturated heterocycles. The second-order valence-corrected chi connectivity index (χ2v) is 15.0. The number of para-hydroxylation sites is 2. The van der Waals surface area contributed by atoms with E-state index in [0.717, 1.165) is 33.4 Å². The summed E-state index contributed by atoms with van der Waals surface area (Å²) in [7, 11) is 0. The fourth-order valence-electron chi connectivity index (χ4n) is 8.45. The third kappa shape index (κ3) is 5.98. The lowest BCUT2D eigenvalue weighted by molar-refractivity contribution is 0.953. The lowest BCUT2D eigenvalue weighted by atomic mass is 9.99. The molecule has 5 nitrogen and oxygen atoms in total. The van der Waals surface area contributed by atoms with Gasteiger partial charge in [0.25, 0.3) is 0 Å². The van der Waals surface area contributed by atoms with E-state index in [0.29, 0.717) is 28.5 Å². The van der Waals surface area contributed by atoms with E-state index in [1.54, 1.807) is 9.13 Å². The van der Waals surface area contributed by atoms with Crippen molar-refractivity contribution in [2.75, 3.05) is 0 Å². The van der Waals surface area contributed by atoms with E-state index in [-0.39, 0.29) is 97.9 Å². The van der Waals surface area contributed by atoms with Crippen LogP contribution >= 0.6 is 0 Å². The Morgan fingerprint density at radius 1 is 0.323 bits per heavy atom. The highest BCUT2D eigenvalue weighted by Gasteiger charge is 2.23. The molecule has 3 heterocycles. The van der Waals surface area contributed by atoms with Crippen LogP contribution < -0.4 is 0 Å². The molecule has 0 fully saturated rings. The van der Waals surface area contributed by atoms with Crippen molar-refractivity contribution in [2.24, 2.45) is 0 Å². The Morgan fingerprint density at radius 3 is 1.37 bits per heavy atom. The molecule has 0 radical (unpaired) electrons. The summed E-state index contributed by atoms with van der Waals surface area (Å²) in [5.74, 6) is 0.657. The normalized spacial score (nSPS) is 13.4. The van der Waals surface area contributed by atoms with Crippen LogP contribution in [0.3, 0.4) is 0 Å². The lowest BCUT2D eigenvalue weighted by Crippen LogP contribution is -2.07. The minimum atomic E-state index is -0.314. The van der Waals surface area contributed by atoms with Crippen LogP contribution in [0.25, 0.3) is 111 Å². The molecule has 0 N–H and O–H groups in total. The van der Waals surface area contributed by atoms with Crippen molar-refractivity contribution >= 4 is 43.6 Å². The van der Waals surface area contributed by atoms with Gasteiger partial charge in [-0.05, 0) is 63.7 Å². The maximum absolute atomic E-state index is 9.79. The Bertz CT molecular complexity index is 4080. The second kappa shape index (κ2) is 14.7. The standard InChI is InChI=1S/C57H37N5/c1-4-16-38(17-5-1)40-30-32-42(33-31-40)56-58-55(41-20-8-3-9-21-41)59-57(60-56)62-52-29-13-11-27-48(52)50-35-34-49-47-26-10-12-28-51(47)61(53(49)54(50)62)46-25-15-24-45(37-46)44-23-14-22-43(36-44)39-18-6-2-7-19-39/h1-37H/i10D,11D,26D,27D,28D,29D,34D,35D. The summed E-state index contributed by atoms with van der Waals surface area (Å²) in [6, 6.07) is 54.1. The molecule has 0 unspecified atom stereocenters. The van der Waals surface area contributed by atoms with E-state index in [1.807, 2.05) is 140 Å². The van der Waals surface area contributed by atoms with E-state index in [4.69, 9.17) is 17.7 Å². The van der Waals surface area contributed by atoms with E-state index in [1.165, 1.54) is 12.1 Å². The van der Waals surface area contributed by atoms with Gasteiger partial charge in [-0.1, -0.05) is 194 Å². The first kappa shape index (κ1) is 28.1. The number of nitrogens with zero attached hydrogens (tertiary/aromatic N) is 5. The van der Waals surface area contributed by atoms with Crippen molar-refractivity contribution in [1.29, 1.82) is 0 Å². The average Bonchev–Trinajstić information content (AvgIpc) is 3.96. The second-order valence-electron chi connectivity index (χ2n) is 15.0. The molecular formula is C57H37N5. The van der Waals surface area contributed by atoms with Gasteiger partial charge in [-0.15, -0.1) is 0 Å². The summed E-state index contributed by atoms with van der Waals surface area (Å²) in [5.41, 5.74) is 8.66. The van der Waals surface area contributed by atoms with Gasteiger partial charge in [-0.2, -0.15) is 9.97 Å². The molecule has 290 valence electrons. The summed E-state index contributed by atoms with van der Waals surface area (Å²) >= 11 is 0. The lowest BCUT2D eigenvalue weighted by Gasteiger charge is -2.14. The highest BCUT2D eigenvalue weighted by atomic mass is 15.2. The minimum absolute atomic E-state index is 0.0432. The van der Waals surface area contributed by atoms with E-state index in [2.05, 4.69) is 24.3 Å². The first-order chi connectivity index (χ1) is 34.0. The van der Waals surface area contributed by atoms with Crippen LogP contribution in [-0.4, -0.2) is 24.1 Å². The van der Waals surface area contributed by atoms with Gasteiger partial charge in [0.05, 0.1) is 33.0 Å². The van der Waals surface area contributed by atoms with Crippen LogP contribution in [-0.2, 0) is 0 Å². The molecule has 9 aromatic carbocycles. The summed E-state index contributed by atoms with van der Waals surface area (Å²) in [6.45, 7) is 0. The third-order valence-electron chi connectivity index (χ3n) is 11.3. The third-order valence-corrected chi connectivity index (χ3v) is 11.3.